The summed E-state index contributed by atoms with van der Waals surface area (Å²) in [6.07, 6.45) is -1.46. The second-order valence-electron chi connectivity index (χ2n) is 4.77. The number of hydrogen-bond donors (Lipinski definition) is 3. The standard InChI is InChI=1S/C13H15F2N3O3/c14-13(15)8-18(12(20)21)7-6-10(13)16-17-11(19)9-4-2-1-3-5-9/h1-5,10,16H,6-8H2,(H,17,19)(H,20,21). The third-order valence-electron chi connectivity index (χ3n) is 3.27. The molecule has 1 saturated heterocycles. The van der Waals surface area contributed by atoms with Crippen LogP contribution in [0.5, 0.6) is 0 Å². The number of hydrogen-bond acceptors (Lipinski definition) is 3. The van der Waals surface area contributed by atoms with Gasteiger partial charge in [0, 0.05) is 12.1 Å². The van der Waals surface area contributed by atoms with Crippen molar-refractivity contribution in [3.63, 3.8) is 0 Å². The van der Waals surface area contributed by atoms with Crippen LogP contribution in [0.3, 0.4) is 0 Å². The van der Waals surface area contributed by atoms with Crippen molar-refractivity contribution in [2.45, 2.75) is 18.4 Å². The van der Waals surface area contributed by atoms with Crippen molar-refractivity contribution in [1.82, 2.24) is 15.8 Å². The molecule has 0 bridgehead atoms. The minimum Gasteiger partial charge on any atom is -0.465 e. The number of halogens is 2. The molecule has 0 aromatic heterocycles. The van der Waals surface area contributed by atoms with Crippen molar-refractivity contribution in [3.8, 4) is 0 Å². The maximum atomic E-state index is 13.8. The fraction of sp³-hybridized carbons (Fsp3) is 0.385. The van der Waals surface area contributed by atoms with E-state index in [1.165, 1.54) is 0 Å². The summed E-state index contributed by atoms with van der Waals surface area (Å²) in [6, 6.07) is 6.87. The van der Waals surface area contributed by atoms with E-state index in [4.69, 9.17) is 5.11 Å². The Morgan fingerprint density at radius 2 is 1.95 bits per heavy atom. The van der Waals surface area contributed by atoms with Crippen LogP contribution >= 0.6 is 0 Å². The molecule has 0 radical (unpaired) electrons. The molecule has 0 spiro atoms. The zero-order valence-electron chi connectivity index (χ0n) is 11.1. The van der Waals surface area contributed by atoms with Gasteiger partial charge in [-0.25, -0.2) is 19.0 Å². The van der Waals surface area contributed by atoms with Crippen molar-refractivity contribution in [1.29, 1.82) is 0 Å². The highest BCUT2D eigenvalue weighted by molar-refractivity contribution is 5.93. The molecule has 21 heavy (non-hydrogen) atoms. The monoisotopic (exact) mass is 299 g/mol. The molecule has 2 rings (SSSR count). The van der Waals surface area contributed by atoms with Gasteiger partial charge < -0.3 is 10.0 Å². The highest BCUT2D eigenvalue weighted by Crippen LogP contribution is 2.27. The van der Waals surface area contributed by atoms with Crippen molar-refractivity contribution in [3.05, 3.63) is 35.9 Å². The van der Waals surface area contributed by atoms with Crippen LogP contribution < -0.4 is 10.9 Å². The summed E-state index contributed by atoms with van der Waals surface area (Å²) in [5.74, 6) is -3.77. The summed E-state index contributed by atoms with van der Waals surface area (Å²) in [6.45, 7) is -0.898. The molecule has 1 unspecified atom stereocenters. The van der Waals surface area contributed by atoms with Crippen LogP contribution in [0.25, 0.3) is 0 Å². The summed E-state index contributed by atoms with van der Waals surface area (Å²) in [5.41, 5.74) is 4.88. The number of carbonyl (C=O) groups is 2. The first-order valence-electron chi connectivity index (χ1n) is 6.37. The quantitative estimate of drug-likeness (QED) is 0.735. The van der Waals surface area contributed by atoms with E-state index < -0.39 is 30.5 Å². The third-order valence-corrected chi connectivity index (χ3v) is 3.27. The van der Waals surface area contributed by atoms with Crippen molar-refractivity contribution >= 4 is 12.0 Å². The van der Waals surface area contributed by atoms with Gasteiger partial charge in [0.25, 0.3) is 11.8 Å². The van der Waals surface area contributed by atoms with Crippen LogP contribution in [0.15, 0.2) is 30.3 Å². The number of hydrazine groups is 1. The summed E-state index contributed by atoms with van der Waals surface area (Å²) < 4.78 is 27.6. The molecular weight excluding hydrogens is 284 g/mol. The van der Waals surface area contributed by atoms with Gasteiger partial charge in [0.15, 0.2) is 0 Å². The summed E-state index contributed by atoms with van der Waals surface area (Å²) in [5, 5.41) is 8.73. The summed E-state index contributed by atoms with van der Waals surface area (Å²) in [7, 11) is 0. The van der Waals surface area contributed by atoms with Crippen LogP contribution in [0.4, 0.5) is 13.6 Å². The number of likely N-dealkylation sites (tertiary alicyclic amines) is 1. The Kier molecular flexibility index (Phi) is 4.37. The van der Waals surface area contributed by atoms with Gasteiger partial charge >= 0.3 is 6.09 Å². The Labute approximate surface area is 119 Å². The van der Waals surface area contributed by atoms with Crippen molar-refractivity contribution < 1.29 is 23.5 Å². The minimum atomic E-state index is -3.25. The number of carboxylic acid groups (broad SMARTS) is 1. The van der Waals surface area contributed by atoms with Crippen LogP contribution in [0, 0.1) is 0 Å². The molecule has 1 fully saturated rings. The van der Waals surface area contributed by atoms with Crippen LogP contribution in [-0.2, 0) is 0 Å². The normalized spacial score (nSPS) is 20.9. The smallest absolute Gasteiger partial charge is 0.407 e. The maximum absolute atomic E-state index is 13.8. The zero-order valence-corrected chi connectivity index (χ0v) is 11.1. The average molecular weight is 299 g/mol. The predicted molar refractivity (Wildman–Crippen MR) is 70.0 cm³/mol. The van der Waals surface area contributed by atoms with E-state index in [9.17, 15) is 18.4 Å². The zero-order chi connectivity index (χ0) is 15.5. The molecule has 114 valence electrons. The van der Waals surface area contributed by atoms with Gasteiger partial charge in [-0.15, -0.1) is 0 Å². The van der Waals surface area contributed by atoms with Gasteiger partial charge in [-0.1, -0.05) is 18.2 Å². The van der Waals surface area contributed by atoms with E-state index in [1.54, 1.807) is 30.3 Å². The van der Waals surface area contributed by atoms with E-state index in [0.29, 0.717) is 10.5 Å². The number of carbonyl (C=O) groups excluding carboxylic acids is 1. The number of amides is 2. The van der Waals surface area contributed by atoms with E-state index >= 15 is 0 Å². The number of benzene rings is 1. The maximum Gasteiger partial charge on any atom is 0.407 e. The largest absolute Gasteiger partial charge is 0.465 e. The minimum absolute atomic E-state index is 0.0101. The van der Waals surface area contributed by atoms with E-state index in [0.717, 1.165) is 0 Å². The van der Waals surface area contributed by atoms with Crippen molar-refractivity contribution in [2.24, 2.45) is 0 Å². The first-order valence-corrected chi connectivity index (χ1v) is 6.37. The lowest BCUT2D eigenvalue weighted by atomic mass is 10.0. The topological polar surface area (TPSA) is 81.7 Å². The number of rotatable bonds is 3. The third kappa shape index (κ3) is 3.66. The van der Waals surface area contributed by atoms with Crippen molar-refractivity contribution in [2.75, 3.05) is 13.1 Å². The number of nitrogens with one attached hydrogen (secondary N) is 2. The fourth-order valence-corrected chi connectivity index (χ4v) is 2.10. The highest BCUT2D eigenvalue weighted by atomic mass is 19.3. The molecule has 1 aromatic carbocycles. The Hall–Kier alpha value is -2.22. The van der Waals surface area contributed by atoms with Gasteiger partial charge in [0.2, 0.25) is 0 Å². The number of nitrogens with zero attached hydrogens (tertiary/aromatic N) is 1. The van der Waals surface area contributed by atoms with Crippen LogP contribution in [0.2, 0.25) is 0 Å². The van der Waals surface area contributed by atoms with E-state index in [1.807, 2.05) is 0 Å². The van der Waals surface area contributed by atoms with Gasteiger partial charge in [-0.2, -0.15) is 0 Å². The second-order valence-corrected chi connectivity index (χ2v) is 4.77. The van der Waals surface area contributed by atoms with Crippen LogP contribution in [-0.4, -0.2) is 47.1 Å². The molecule has 3 N–H and O–H groups in total. The fourth-order valence-electron chi connectivity index (χ4n) is 2.10. The first-order chi connectivity index (χ1) is 9.90. The van der Waals surface area contributed by atoms with Gasteiger partial charge in [-0.05, 0) is 18.6 Å². The molecule has 6 nitrogen and oxygen atoms in total. The number of alkyl halides is 2. The SMILES string of the molecule is O=C(NNC1CCN(C(=O)O)CC1(F)F)c1ccccc1. The lowest BCUT2D eigenvalue weighted by Gasteiger charge is -2.37. The molecule has 1 heterocycles. The predicted octanol–water partition coefficient (Wildman–Crippen LogP) is 1.31. The molecule has 0 saturated carbocycles. The Bertz CT molecular complexity index is 525. The molecular formula is C13H15F2N3O3. The molecule has 1 atom stereocenters. The Morgan fingerprint density at radius 1 is 1.29 bits per heavy atom. The summed E-state index contributed by atoms with van der Waals surface area (Å²) in [4.78, 5) is 23.1. The molecule has 2 amide bonds. The lowest BCUT2D eigenvalue weighted by Crippen LogP contribution is -2.61. The molecule has 8 heteroatoms. The Balaban J connectivity index is 1.92. The van der Waals surface area contributed by atoms with Gasteiger partial charge in [0.1, 0.15) is 0 Å². The molecule has 1 aliphatic heterocycles. The van der Waals surface area contributed by atoms with Gasteiger partial charge in [-0.3, -0.25) is 10.2 Å². The van der Waals surface area contributed by atoms with Gasteiger partial charge in [0.05, 0.1) is 12.6 Å². The second kappa shape index (κ2) is 6.04. The summed E-state index contributed by atoms with van der Waals surface area (Å²) >= 11 is 0. The molecule has 1 aliphatic rings. The van der Waals surface area contributed by atoms with E-state index in [-0.39, 0.29) is 13.0 Å². The lowest BCUT2D eigenvalue weighted by molar-refractivity contribution is -0.0861. The van der Waals surface area contributed by atoms with Crippen LogP contribution in [0.1, 0.15) is 16.8 Å². The highest BCUT2D eigenvalue weighted by Gasteiger charge is 2.46. The van der Waals surface area contributed by atoms with E-state index in [2.05, 4.69) is 10.9 Å². The average Bonchev–Trinajstić information content (AvgIpc) is 2.45. The number of piperidine rings is 1. The molecule has 1 aromatic rings. The Morgan fingerprint density at radius 3 is 2.52 bits per heavy atom. The first kappa shape index (κ1) is 15.2. The molecule has 0 aliphatic carbocycles.